The van der Waals surface area contributed by atoms with Gasteiger partial charge in [0.05, 0.1) is 0 Å². The Labute approximate surface area is 99.1 Å². The van der Waals surface area contributed by atoms with Crippen LogP contribution < -0.4 is 0 Å². The number of carbonyl (C=O) groups is 1. The molecule has 0 spiro atoms. The van der Waals surface area contributed by atoms with E-state index in [1.54, 1.807) is 0 Å². The predicted molar refractivity (Wildman–Crippen MR) is 67.6 cm³/mol. The molecule has 16 heavy (non-hydrogen) atoms. The van der Waals surface area contributed by atoms with Crippen LogP contribution in [0.1, 0.15) is 41.0 Å². The molecule has 0 aromatic carbocycles. The fourth-order valence-corrected chi connectivity index (χ4v) is 1.46. The van der Waals surface area contributed by atoms with Gasteiger partial charge in [-0.25, -0.2) is 4.79 Å². The predicted octanol–water partition coefficient (Wildman–Crippen LogP) is 2.77. The highest BCUT2D eigenvalue weighted by molar-refractivity contribution is 5.86. The van der Waals surface area contributed by atoms with Crippen molar-refractivity contribution >= 4 is 5.97 Å². The number of nitrogens with zero attached hydrogens (tertiary/aromatic N) is 1. The van der Waals surface area contributed by atoms with Crippen molar-refractivity contribution in [2.24, 2.45) is 5.41 Å². The maximum atomic E-state index is 10.8. The molecule has 0 aliphatic rings. The first-order valence-electron chi connectivity index (χ1n) is 5.82. The third-order valence-corrected chi connectivity index (χ3v) is 3.20. The second kappa shape index (κ2) is 6.04. The largest absolute Gasteiger partial charge is 0.478 e. The van der Waals surface area contributed by atoms with Crippen LogP contribution in [0.25, 0.3) is 0 Å². The van der Waals surface area contributed by atoms with Crippen molar-refractivity contribution in [3.05, 3.63) is 11.6 Å². The van der Waals surface area contributed by atoms with Crippen molar-refractivity contribution in [3.63, 3.8) is 0 Å². The molecule has 0 rings (SSSR count). The van der Waals surface area contributed by atoms with Crippen LogP contribution in [0.4, 0.5) is 0 Å². The smallest absolute Gasteiger partial charge is 0.331 e. The van der Waals surface area contributed by atoms with Crippen molar-refractivity contribution in [2.75, 3.05) is 13.6 Å². The molecule has 0 aromatic heterocycles. The van der Waals surface area contributed by atoms with Crippen LogP contribution in [-0.2, 0) is 4.79 Å². The van der Waals surface area contributed by atoms with Crippen LogP contribution in [0.15, 0.2) is 11.6 Å². The molecule has 0 aromatic rings. The average Bonchev–Trinajstić information content (AvgIpc) is 2.15. The third kappa shape index (κ3) is 4.79. The molecule has 1 unspecified atom stereocenters. The monoisotopic (exact) mass is 227 g/mol. The Morgan fingerprint density at radius 3 is 2.25 bits per heavy atom. The number of rotatable bonds is 5. The quantitative estimate of drug-likeness (QED) is 0.734. The van der Waals surface area contributed by atoms with Gasteiger partial charge in [-0.3, -0.25) is 4.90 Å². The Kier molecular flexibility index (Phi) is 5.73. The Balaban J connectivity index is 4.46. The molecule has 0 saturated heterocycles. The highest BCUT2D eigenvalue weighted by atomic mass is 16.4. The van der Waals surface area contributed by atoms with Gasteiger partial charge in [0, 0.05) is 18.2 Å². The van der Waals surface area contributed by atoms with E-state index in [2.05, 4.69) is 32.6 Å². The molecule has 1 atom stereocenters. The zero-order valence-corrected chi connectivity index (χ0v) is 11.4. The van der Waals surface area contributed by atoms with E-state index in [-0.39, 0.29) is 5.41 Å². The molecule has 0 aliphatic carbocycles. The minimum Gasteiger partial charge on any atom is -0.478 e. The van der Waals surface area contributed by atoms with Crippen molar-refractivity contribution in [1.29, 1.82) is 0 Å². The summed E-state index contributed by atoms with van der Waals surface area (Å²) in [5, 5.41) is 8.90. The van der Waals surface area contributed by atoms with Gasteiger partial charge < -0.3 is 5.11 Å². The van der Waals surface area contributed by atoms with Crippen molar-refractivity contribution < 1.29 is 9.90 Å². The Morgan fingerprint density at radius 1 is 1.44 bits per heavy atom. The summed E-state index contributed by atoms with van der Waals surface area (Å²) in [5.74, 6) is -0.806. The van der Waals surface area contributed by atoms with Gasteiger partial charge >= 0.3 is 5.97 Å². The summed E-state index contributed by atoms with van der Waals surface area (Å²) < 4.78 is 0. The fraction of sp³-hybridized carbons (Fsp3) is 0.769. The van der Waals surface area contributed by atoms with Crippen LogP contribution in [0.5, 0.6) is 0 Å². The number of carboxylic acid groups (broad SMARTS) is 1. The summed E-state index contributed by atoms with van der Waals surface area (Å²) in [6.07, 6.45) is 2.39. The summed E-state index contributed by atoms with van der Waals surface area (Å²) in [4.78, 5) is 13.0. The van der Waals surface area contributed by atoms with E-state index < -0.39 is 5.97 Å². The lowest BCUT2D eigenvalue weighted by atomic mass is 9.87. The first kappa shape index (κ1) is 15.2. The lowest BCUT2D eigenvalue weighted by Crippen LogP contribution is -2.39. The maximum Gasteiger partial charge on any atom is 0.331 e. The van der Waals surface area contributed by atoms with Gasteiger partial charge in [-0.2, -0.15) is 0 Å². The van der Waals surface area contributed by atoms with Crippen LogP contribution >= 0.6 is 0 Å². The second-order valence-electron chi connectivity index (χ2n) is 5.37. The van der Waals surface area contributed by atoms with E-state index in [1.807, 2.05) is 20.0 Å². The standard InChI is InChI=1S/C13H25NO2/c1-7-11(12(15)16)8-9-14(6)10(2)13(3,4)5/h8,10H,7,9H2,1-6H3,(H,15,16). The molecule has 0 heterocycles. The van der Waals surface area contributed by atoms with Crippen LogP contribution in [0, 0.1) is 5.41 Å². The van der Waals surface area contributed by atoms with Gasteiger partial charge in [0.25, 0.3) is 0 Å². The first-order chi connectivity index (χ1) is 7.20. The van der Waals surface area contributed by atoms with Gasteiger partial charge in [0.2, 0.25) is 0 Å². The molecule has 3 nitrogen and oxygen atoms in total. The van der Waals surface area contributed by atoms with E-state index in [1.165, 1.54) is 0 Å². The summed E-state index contributed by atoms with van der Waals surface area (Å²) in [5.41, 5.74) is 0.700. The minimum absolute atomic E-state index is 0.207. The molecular weight excluding hydrogens is 202 g/mol. The number of likely N-dealkylation sites (N-methyl/N-ethyl adjacent to an activating group) is 1. The molecular formula is C13H25NO2. The summed E-state index contributed by atoms with van der Waals surface area (Å²) >= 11 is 0. The first-order valence-corrected chi connectivity index (χ1v) is 5.82. The van der Waals surface area contributed by atoms with E-state index in [9.17, 15) is 4.79 Å². The van der Waals surface area contributed by atoms with E-state index >= 15 is 0 Å². The normalized spacial score (nSPS) is 15.3. The van der Waals surface area contributed by atoms with Crippen molar-refractivity contribution in [1.82, 2.24) is 4.90 Å². The highest BCUT2D eigenvalue weighted by Gasteiger charge is 2.23. The van der Waals surface area contributed by atoms with Gasteiger partial charge in [0.15, 0.2) is 0 Å². The summed E-state index contributed by atoms with van der Waals surface area (Å²) in [6, 6.07) is 0.413. The minimum atomic E-state index is -0.806. The zero-order chi connectivity index (χ0) is 12.9. The fourth-order valence-electron chi connectivity index (χ4n) is 1.46. The average molecular weight is 227 g/mol. The Hall–Kier alpha value is -0.830. The maximum absolute atomic E-state index is 10.8. The topological polar surface area (TPSA) is 40.5 Å². The van der Waals surface area contributed by atoms with Crippen LogP contribution in [0.3, 0.4) is 0 Å². The number of aliphatic carboxylic acids is 1. The van der Waals surface area contributed by atoms with E-state index in [4.69, 9.17) is 5.11 Å². The van der Waals surface area contributed by atoms with Crippen molar-refractivity contribution in [3.8, 4) is 0 Å². The Bertz CT molecular complexity index is 264. The van der Waals surface area contributed by atoms with Gasteiger partial charge in [-0.15, -0.1) is 0 Å². The molecule has 0 amide bonds. The van der Waals surface area contributed by atoms with Gasteiger partial charge in [-0.05, 0) is 25.8 Å². The lowest BCUT2D eigenvalue weighted by molar-refractivity contribution is -0.132. The number of hydrogen-bond acceptors (Lipinski definition) is 2. The number of carboxylic acids is 1. The second-order valence-corrected chi connectivity index (χ2v) is 5.37. The lowest BCUT2D eigenvalue weighted by Gasteiger charge is -2.34. The molecule has 0 aliphatic heterocycles. The van der Waals surface area contributed by atoms with E-state index in [0.717, 1.165) is 0 Å². The summed E-state index contributed by atoms with van der Waals surface area (Å²) in [6.45, 7) is 11.3. The Morgan fingerprint density at radius 2 is 1.94 bits per heavy atom. The van der Waals surface area contributed by atoms with Crippen LogP contribution in [-0.4, -0.2) is 35.6 Å². The molecule has 0 fully saturated rings. The molecule has 3 heteroatoms. The SMILES string of the molecule is CCC(=CCN(C)C(C)C(C)(C)C)C(=O)O. The molecule has 0 bridgehead atoms. The van der Waals surface area contributed by atoms with E-state index in [0.29, 0.717) is 24.6 Å². The van der Waals surface area contributed by atoms with Gasteiger partial charge in [0.1, 0.15) is 0 Å². The van der Waals surface area contributed by atoms with Crippen LogP contribution in [0.2, 0.25) is 0 Å². The number of hydrogen-bond donors (Lipinski definition) is 1. The molecule has 0 radical (unpaired) electrons. The molecule has 1 N–H and O–H groups in total. The highest BCUT2D eigenvalue weighted by Crippen LogP contribution is 2.22. The summed E-state index contributed by atoms with van der Waals surface area (Å²) in [7, 11) is 2.03. The molecule has 0 saturated carbocycles. The zero-order valence-electron chi connectivity index (χ0n) is 11.4. The van der Waals surface area contributed by atoms with Crippen molar-refractivity contribution in [2.45, 2.75) is 47.1 Å². The third-order valence-electron chi connectivity index (χ3n) is 3.20. The molecule has 94 valence electrons. The van der Waals surface area contributed by atoms with Gasteiger partial charge in [-0.1, -0.05) is 33.8 Å².